The van der Waals surface area contributed by atoms with E-state index >= 15 is 0 Å². The molecule has 0 radical (unpaired) electrons. The van der Waals surface area contributed by atoms with Gasteiger partial charge in [-0.25, -0.2) is 4.79 Å². The Kier molecular flexibility index (Phi) is 9.23. The minimum Gasteiger partial charge on any atom is -0.475 e. The first kappa shape index (κ1) is 27.8. The number of hydrogen-bond acceptors (Lipinski definition) is 4. The summed E-state index contributed by atoms with van der Waals surface area (Å²) in [5.41, 5.74) is 3.31. The summed E-state index contributed by atoms with van der Waals surface area (Å²) in [6.45, 7) is 2.79. The zero-order valence-corrected chi connectivity index (χ0v) is 20.6. The van der Waals surface area contributed by atoms with Gasteiger partial charge in [0.1, 0.15) is 0 Å². The number of carboxylic acids is 1. The summed E-state index contributed by atoms with van der Waals surface area (Å²) in [5, 5.41) is 20.6. The normalized spacial score (nSPS) is 18.4. The van der Waals surface area contributed by atoms with Crippen molar-refractivity contribution in [1.82, 2.24) is 10.2 Å². The topological polar surface area (TPSA) is 93.4 Å². The molecule has 0 bridgehead atoms. The van der Waals surface area contributed by atoms with Crippen LogP contribution in [0.25, 0.3) is 11.1 Å². The number of piperidine rings is 1. The van der Waals surface area contributed by atoms with E-state index in [1.54, 1.807) is 12.1 Å². The van der Waals surface area contributed by atoms with Gasteiger partial charge in [-0.15, -0.1) is 0 Å². The third-order valence-corrected chi connectivity index (χ3v) is 6.96. The molecule has 1 amide bonds. The first-order chi connectivity index (χ1) is 17.0. The van der Waals surface area contributed by atoms with Gasteiger partial charge in [-0.05, 0) is 79.7 Å². The van der Waals surface area contributed by atoms with E-state index in [4.69, 9.17) is 38.4 Å². The number of nitriles is 1. The van der Waals surface area contributed by atoms with Gasteiger partial charge < -0.3 is 15.3 Å². The molecule has 0 saturated carbocycles. The van der Waals surface area contributed by atoms with Crippen molar-refractivity contribution < 1.29 is 27.9 Å². The second-order valence-electron chi connectivity index (χ2n) is 8.61. The number of amides is 1. The number of likely N-dealkylation sites (tertiary alicyclic amines) is 1. The van der Waals surface area contributed by atoms with Gasteiger partial charge in [0.15, 0.2) is 0 Å². The van der Waals surface area contributed by atoms with Crippen LogP contribution in [0.4, 0.5) is 13.2 Å². The molecule has 0 aliphatic carbocycles. The predicted molar refractivity (Wildman–Crippen MR) is 130 cm³/mol. The molecule has 2 aromatic rings. The van der Waals surface area contributed by atoms with Crippen LogP contribution in [0.1, 0.15) is 30.4 Å². The van der Waals surface area contributed by atoms with E-state index in [-0.39, 0.29) is 11.8 Å². The Balaban J connectivity index is 0.000000454. The molecule has 1 atom stereocenters. The molecule has 2 aromatic carbocycles. The van der Waals surface area contributed by atoms with Crippen molar-refractivity contribution >= 4 is 35.1 Å². The van der Waals surface area contributed by atoms with E-state index in [2.05, 4.69) is 16.3 Å². The van der Waals surface area contributed by atoms with Crippen molar-refractivity contribution in [3.63, 3.8) is 0 Å². The Morgan fingerprint density at radius 1 is 1.08 bits per heavy atom. The Labute approximate surface area is 216 Å². The maximum atomic E-state index is 13.0. The minimum absolute atomic E-state index is 0.0550. The highest BCUT2D eigenvalue weighted by Gasteiger charge is 2.38. The smallest absolute Gasteiger partial charge is 0.475 e. The van der Waals surface area contributed by atoms with E-state index in [0.29, 0.717) is 28.1 Å². The molecule has 2 fully saturated rings. The number of benzene rings is 2. The molecule has 2 N–H and O–H groups in total. The number of aliphatic carboxylic acids is 1. The fourth-order valence-corrected chi connectivity index (χ4v) is 5.02. The molecule has 0 aromatic heterocycles. The van der Waals surface area contributed by atoms with E-state index in [1.165, 1.54) is 0 Å². The Bertz CT molecular complexity index is 1120. The van der Waals surface area contributed by atoms with Gasteiger partial charge in [0.2, 0.25) is 5.91 Å². The van der Waals surface area contributed by atoms with E-state index in [0.717, 1.165) is 55.6 Å². The number of nitrogens with zero attached hydrogens (tertiary/aromatic N) is 2. The van der Waals surface area contributed by atoms with Crippen LogP contribution in [0, 0.1) is 17.2 Å². The number of nitrogens with one attached hydrogen (secondary N) is 1. The highest BCUT2D eigenvalue weighted by molar-refractivity contribution is 6.36. The highest BCUT2D eigenvalue weighted by atomic mass is 35.5. The summed E-state index contributed by atoms with van der Waals surface area (Å²) in [6.07, 6.45) is -1.60. The molecule has 2 heterocycles. The number of alkyl halides is 3. The van der Waals surface area contributed by atoms with Crippen molar-refractivity contribution in [3.8, 4) is 17.2 Å². The standard InChI is InChI=1S/C23H23Cl2N3O.C2HF3O2/c24-21-12-18(16-3-1-15(14-26)2-4-16)13-22(25)20(21)11-17-7-10-28(23(17)29)19-5-8-27-9-6-19;3-2(4,5)1(6)7/h1-4,12-13,17,19,27H,5-11H2;(H,6,7)/t17-;/m0./s1. The van der Waals surface area contributed by atoms with Gasteiger partial charge in [-0.2, -0.15) is 18.4 Å². The molecule has 0 spiro atoms. The zero-order valence-electron chi connectivity index (χ0n) is 19.1. The van der Waals surface area contributed by atoms with Crippen molar-refractivity contribution in [1.29, 1.82) is 5.26 Å². The summed E-state index contributed by atoms with van der Waals surface area (Å²) in [4.78, 5) is 23.9. The lowest BCUT2D eigenvalue weighted by atomic mass is 9.95. The second-order valence-corrected chi connectivity index (χ2v) is 9.43. The fraction of sp³-hybridized carbons (Fsp3) is 0.400. The van der Waals surface area contributed by atoms with Crippen molar-refractivity contribution in [3.05, 3.63) is 57.6 Å². The van der Waals surface area contributed by atoms with Crippen molar-refractivity contribution in [2.75, 3.05) is 19.6 Å². The summed E-state index contributed by atoms with van der Waals surface area (Å²) < 4.78 is 31.7. The third-order valence-electron chi connectivity index (χ3n) is 6.28. The van der Waals surface area contributed by atoms with Crippen molar-refractivity contribution in [2.24, 2.45) is 5.92 Å². The van der Waals surface area contributed by atoms with Crippen LogP contribution in [0.15, 0.2) is 36.4 Å². The Morgan fingerprint density at radius 3 is 2.14 bits per heavy atom. The second kappa shape index (κ2) is 12.0. The lowest BCUT2D eigenvalue weighted by molar-refractivity contribution is -0.192. The summed E-state index contributed by atoms with van der Waals surface area (Å²) in [7, 11) is 0. The molecular formula is C25H24Cl2F3N3O3. The van der Waals surface area contributed by atoms with Crippen LogP contribution in [0.3, 0.4) is 0 Å². The van der Waals surface area contributed by atoms with E-state index < -0.39 is 12.1 Å². The molecule has 0 unspecified atom stereocenters. The van der Waals surface area contributed by atoms with Crippen LogP contribution in [0.5, 0.6) is 0 Å². The van der Waals surface area contributed by atoms with Crippen LogP contribution in [-0.4, -0.2) is 53.7 Å². The van der Waals surface area contributed by atoms with Gasteiger partial charge in [0.05, 0.1) is 11.6 Å². The Hall–Kier alpha value is -2.80. The maximum Gasteiger partial charge on any atom is 0.490 e. The van der Waals surface area contributed by atoms with Crippen LogP contribution in [-0.2, 0) is 16.0 Å². The average molecular weight is 542 g/mol. The molecule has 6 nitrogen and oxygen atoms in total. The summed E-state index contributed by atoms with van der Waals surface area (Å²) in [5.74, 6) is -2.58. The van der Waals surface area contributed by atoms with Gasteiger partial charge in [-0.1, -0.05) is 35.3 Å². The highest BCUT2D eigenvalue weighted by Crippen LogP contribution is 2.36. The van der Waals surface area contributed by atoms with Crippen LogP contribution >= 0.6 is 23.2 Å². The molecular weight excluding hydrogens is 518 g/mol. The maximum absolute atomic E-state index is 13.0. The lowest BCUT2D eigenvalue weighted by Crippen LogP contribution is -2.44. The van der Waals surface area contributed by atoms with Crippen molar-refractivity contribution in [2.45, 2.75) is 37.9 Å². The SMILES string of the molecule is N#Cc1ccc(-c2cc(Cl)c(C[C@@H]3CCN(C4CCNCC4)C3=O)c(Cl)c2)cc1.O=C(O)C(F)(F)F. The quantitative estimate of drug-likeness (QED) is 0.547. The molecule has 2 aliphatic heterocycles. The largest absolute Gasteiger partial charge is 0.490 e. The minimum atomic E-state index is -5.08. The number of rotatable bonds is 4. The number of hydrogen-bond donors (Lipinski definition) is 2. The third kappa shape index (κ3) is 6.90. The molecule has 192 valence electrons. The fourth-order valence-electron chi connectivity index (χ4n) is 4.38. The van der Waals surface area contributed by atoms with Gasteiger partial charge in [0, 0.05) is 28.5 Å². The lowest BCUT2D eigenvalue weighted by Gasteiger charge is -2.31. The number of carboxylic acid groups (broad SMARTS) is 1. The zero-order chi connectivity index (χ0) is 26.5. The molecule has 11 heteroatoms. The van der Waals surface area contributed by atoms with Gasteiger partial charge in [-0.3, -0.25) is 4.79 Å². The molecule has 2 aliphatic rings. The van der Waals surface area contributed by atoms with Crippen LogP contribution < -0.4 is 5.32 Å². The average Bonchev–Trinajstić information content (AvgIpc) is 3.21. The first-order valence-electron chi connectivity index (χ1n) is 11.3. The van der Waals surface area contributed by atoms with Gasteiger partial charge >= 0.3 is 12.1 Å². The van der Waals surface area contributed by atoms with E-state index in [1.807, 2.05) is 24.3 Å². The van der Waals surface area contributed by atoms with E-state index in [9.17, 15) is 18.0 Å². The number of carbonyl (C=O) groups is 2. The number of halogens is 5. The van der Waals surface area contributed by atoms with Gasteiger partial charge in [0.25, 0.3) is 0 Å². The monoisotopic (exact) mass is 541 g/mol. The number of carbonyl (C=O) groups excluding carboxylic acids is 1. The molecule has 4 rings (SSSR count). The summed E-state index contributed by atoms with van der Waals surface area (Å²) in [6, 6.07) is 13.6. The molecule has 2 saturated heterocycles. The summed E-state index contributed by atoms with van der Waals surface area (Å²) >= 11 is 13.2. The predicted octanol–water partition coefficient (Wildman–Crippen LogP) is 5.31. The van der Waals surface area contributed by atoms with Crippen LogP contribution in [0.2, 0.25) is 10.0 Å². The molecule has 36 heavy (non-hydrogen) atoms. The first-order valence-corrected chi connectivity index (χ1v) is 12.1. The Morgan fingerprint density at radius 2 is 1.64 bits per heavy atom.